The highest BCUT2D eigenvalue weighted by molar-refractivity contribution is 9.10. The van der Waals surface area contributed by atoms with Gasteiger partial charge in [-0.1, -0.05) is 22.0 Å². The van der Waals surface area contributed by atoms with Gasteiger partial charge < -0.3 is 15.2 Å². The predicted octanol–water partition coefficient (Wildman–Crippen LogP) is 3.26. The molecule has 5 rings (SSSR count). The van der Waals surface area contributed by atoms with Crippen LogP contribution in [-0.4, -0.2) is 29.2 Å². The number of nitrogens with one attached hydrogen (secondary N) is 1. The Labute approximate surface area is 155 Å². The molecule has 0 saturated heterocycles. The molecule has 0 heterocycles. The molecular weight excluding hydrogens is 386 g/mol. The Bertz CT molecular complexity index is 705. The van der Waals surface area contributed by atoms with Gasteiger partial charge in [0.2, 0.25) is 0 Å². The van der Waals surface area contributed by atoms with Crippen molar-refractivity contribution in [1.82, 2.24) is 0 Å². The van der Waals surface area contributed by atoms with Crippen LogP contribution in [0, 0.1) is 17.3 Å². The number of hydrogen-bond acceptors (Lipinski definition) is 4. The molecule has 1 aromatic rings. The number of rotatable bonds is 4. The van der Waals surface area contributed by atoms with Crippen molar-refractivity contribution in [2.75, 3.05) is 11.9 Å². The van der Waals surface area contributed by atoms with Gasteiger partial charge in [-0.15, -0.1) is 0 Å². The maximum atomic E-state index is 12.7. The zero-order valence-corrected chi connectivity index (χ0v) is 15.5. The lowest BCUT2D eigenvalue weighted by atomic mass is 9.48. The summed E-state index contributed by atoms with van der Waals surface area (Å²) in [4.78, 5) is 24.8. The third-order valence-corrected chi connectivity index (χ3v) is 6.40. The van der Waals surface area contributed by atoms with Crippen LogP contribution in [0.3, 0.4) is 0 Å². The third kappa shape index (κ3) is 3.34. The van der Waals surface area contributed by atoms with Crippen LogP contribution in [0.4, 0.5) is 5.69 Å². The van der Waals surface area contributed by atoms with E-state index in [-0.39, 0.29) is 18.5 Å². The van der Waals surface area contributed by atoms with E-state index in [1.807, 2.05) is 12.1 Å². The van der Waals surface area contributed by atoms with E-state index in [1.165, 1.54) is 0 Å². The first kappa shape index (κ1) is 17.0. The van der Waals surface area contributed by atoms with E-state index in [9.17, 15) is 14.7 Å². The van der Waals surface area contributed by atoms with E-state index in [4.69, 9.17) is 4.74 Å². The smallest absolute Gasteiger partial charge is 0.312 e. The van der Waals surface area contributed by atoms with Crippen LogP contribution < -0.4 is 5.32 Å². The summed E-state index contributed by atoms with van der Waals surface area (Å²) in [6.45, 7) is -0.291. The van der Waals surface area contributed by atoms with E-state index in [0.717, 1.165) is 36.6 Å². The molecular formula is C19H22BrNO4. The molecule has 1 aromatic carbocycles. The van der Waals surface area contributed by atoms with Crippen LogP contribution in [0.5, 0.6) is 0 Å². The topological polar surface area (TPSA) is 75.6 Å². The van der Waals surface area contributed by atoms with Gasteiger partial charge in [-0.05, 0) is 68.6 Å². The van der Waals surface area contributed by atoms with Gasteiger partial charge in [-0.25, -0.2) is 0 Å². The summed E-state index contributed by atoms with van der Waals surface area (Å²) >= 11 is 3.35. The van der Waals surface area contributed by atoms with Crippen molar-refractivity contribution < 1.29 is 19.4 Å². The molecule has 134 valence electrons. The molecule has 2 N–H and O–H groups in total. The fraction of sp³-hybridized carbons (Fsp3) is 0.579. The summed E-state index contributed by atoms with van der Waals surface area (Å²) < 4.78 is 6.23. The maximum Gasteiger partial charge on any atom is 0.312 e. The summed E-state index contributed by atoms with van der Waals surface area (Å²) in [6.07, 6.45) is 4.79. The van der Waals surface area contributed by atoms with Crippen molar-refractivity contribution in [3.63, 3.8) is 0 Å². The van der Waals surface area contributed by atoms with Crippen molar-refractivity contribution in [3.8, 4) is 0 Å². The van der Waals surface area contributed by atoms with Crippen LogP contribution in [0.15, 0.2) is 28.7 Å². The summed E-state index contributed by atoms with van der Waals surface area (Å²) in [5.74, 6) is 0.155. The van der Waals surface area contributed by atoms with E-state index < -0.39 is 11.0 Å². The highest BCUT2D eigenvalue weighted by Crippen LogP contribution is 2.61. The molecule has 25 heavy (non-hydrogen) atoms. The Balaban J connectivity index is 1.37. The quantitative estimate of drug-likeness (QED) is 0.750. The summed E-state index contributed by atoms with van der Waals surface area (Å²) in [5, 5.41) is 13.4. The molecule has 0 aliphatic heterocycles. The highest BCUT2D eigenvalue weighted by atomic mass is 79.9. The zero-order valence-electron chi connectivity index (χ0n) is 14.0. The average Bonchev–Trinajstić information content (AvgIpc) is 2.50. The first-order chi connectivity index (χ1) is 11.9. The Kier molecular flexibility index (Phi) is 4.15. The number of carbonyl (C=O) groups is 2. The van der Waals surface area contributed by atoms with Crippen molar-refractivity contribution in [2.45, 2.75) is 44.1 Å². The number of hydrogen-bond donors (Lipinski definition) is 2. The van der Waals surface area contributed by atoms with Crippen molar-refractivity contribution in [3.05, 3.63) is 28.7 Å². The Morgan fingerprint density at radius 2 is 1.96 bits per heavy atom. The van der Waals surface area contributed by atoms with Gasteiger partial charge in [-0.3, -0.25) is 9.59 Å². The number of aliphatic hydroxyl groups is 1. The van der Waals surface area contributed by atoms with Crippen LogP contribution in [0.2, 0.25) is 0 Å². The molecule has 4 aliphatic rings. The minimum Gasteiger partial charge on any atom is -0.455 e. The Morgan fingerprint density at radius 1 is 1.24 bits per heavy atom. The molecule has 0 aromatic heterocycles. The molecule has 4 saturated carbocycles. The summed E-state index contributed by atoms with van der Waals surface area (Å²) in [6, 6.07) is 7.25. The number of anilines is 1. The van der Waals surface area contributed by atoms with Crippen LogP contribution in [-0.2, 0) is 14.3 Å². The lowest BCUT2D eigenvalue weighted by Gasteiger charge is -2.58. The molecule has 2 unspecified atom stereocenters. The minimum atomic E-state index is -0.707. The number of esters is 1. The summed E-state index contributed by atoms with van der Waals surface area (Å²) in [7, 11) is 0. The second-order valence-corrected chi connectivity index (χ2v) is 9.02. The molecule has 4 atom stereocenters. The largest absolute Gasteiger partial charge is 0.455 e. The maximum absolute atomic E-state index is 12.7. The van der Waals surface area contributed by atoms with Gasteiger partial charge in [0.1, 0.15) is 0 Å². The fourth-order valence-corrected chi connectivity index (χ4v) is 5.90. The summed E-state index contributed by atoms with van der Waals surface area (Å²) in [5.41, 5.74) is -0.643. The van der Waals surface area contributed by atoms with E-state index in [1.54, 1.807) is 12.1 Å². The van der Waals surface area contributed by atoms with Crippen LogP contribution >= 0.6 is 15.9 Å². The Hall–Kier alpha value is -1.40. The first-order valence-electron chi connectivity index (χ1n) is 8.81. The molecule has 6 heteroatoms. The number of ether oxygens (including phenoxy) is 1. The van der Waals surface area contributed by atoms with Gasteiger partial charge in [0.25, 0.3) is 5.91 Å². The minimum absolute atomic E-state index is 0.291. The lowest BCUT2D eigenvalue weighted by molar-refractivity contribution is -0.196. The standard InChI is InChI=1S/C19H22BrNO4/c20-14-2-1-3-15(5-14)21-16(22)10-25-17(23)18-6-12-4-13(7-18)9-19(24,8-12)11-18/h1-3,5,12-13,24H,4,6-11H2,(H,21,22)/t12-,13+,18?,19?. The number of halogens is 1. The van der Waals surface area contributed by atoms with Crippen molar-refractivity contribution >= 4 is 33.5 Å². The van der Waals surface area contributed by atoms with Gasteiger partial charge in [-0.2, -0.15) is 0 Å². The molecule has 0 radical (unpaired) electrons. The SMILES string of the molecule is O=C(COC(=O)C12C[C@@H]3C[C@@H](CC(O)(C3)C1)C2)Nc1cccc(Br)c1. The number of amides is 1. The molecule has 0 spiro atoms. The lowest BCUT2D eigenvalue weighted by Crippen LogP contribution is -2.58. The Morgan fingerprint density at radius 3 is 2.60 bits per heavy atom. The molecule has 5 nitrogen and oxygen atoms in total. The van der Waals surface area contributed by atoms with E-state index in [2.05, 4.69) is 21.2 Å². The molecule has 4 fully saturated rings. The highest BCUT2D eigenvalue weighted by Gasteiger charge is 2.60. The number of benzene rings is 1. The zero-order chi connectivity index (χ0) is 17.7. The van der Waals surface area contributed by atoms with Gasteiger partial charge in [0.05, 0.1) is 11.0 Å². The third-order valence-electron chi connectivity index (χ3n) is 5.91. The second kappa shape index (κ2) is 6.09. The van der Waals surface area contributed by atoms with Crippen molar-refractivity contribution in [1.29, 1.82) is 0 Å². The predicted molar refractivity (Wildman–Crippen MR) is 95.8 cm³/mol. The van der Waals surface area contributed by atoms with Crippen molar-refractivity contribution in [2.24, 2.45) is 17.3 Å². The molecule has 1 amide bonds. The van der Waals surface area contributed by atoms with Crippen LogP contribution in [0.1, 0.15) is 38.5 Å². The number of carbonyl (C=O) groups excluding carboxylic acids is 2. The monoisotopic (exact) mass is 407 g/mol. The van der Waals surface area contributed by atoms with Gasteiger partial charge in [0.15, 0.2) is 6.61 Å². The second-order valence-electron chi connectivity index (χ2n) is 8.10. The normalized spacial score (nSPS) is 35.4. The first-order valence-corrected chi connectivity index (χ1v) is 9.60. The van der Waals surface area contributed by atoms with E-state index >= 15 is 0 Å². The van der Waals surface area contributed by atoms with E-state index in [0.29, 0.717) is 23.9 Å². The average molecular weight is 408 g/mol. The molecule has 4 bridgehead atoms. The molecule has 4 aliphatic carbocycles. The van der Waals surface area contributed by atoms with Gasteiger partial charge >= 0.3 is 5.97 Å². The van der Waals surface area contributed by atoms with Crippen LogP contribution in [0.25, 0.3) is 0 Å². The fourth-order valence-electron chi connectivity index (χ4n) is 5.50. The van der Waals surface area contributed by atoms with Gasteiger partial charge in [0, 0.05) is 10.2 Å².